The predicted octanol–water partition coefficient (Wildman–Crippen LogP) is 4.84. The molecule has 0 atom stereocenters. The van der Waals surface area contributed by atoms with Crippen LogP contribution in [0.1, 0.15) is 32.8 Å². The molecule has 1 aliphatic rings. The Morgan fingerprint density at radius 1 is 0.897 bits per heavy atom. The number of carbonyl (C=O) groups is 2. The highest BCUT2D eigenvalue weighted by molar-refractivity contribution is 6.60. The average Bonchev–Trinajstić information content (AvgIpc) is 2.97. The van der Waals surface area contributed by atoms with Crippen molar-refractivity contribution in [3.63, 3.8) is 0 Å². The Labute approximate surface area is 176 Å². The summed E-state index contributed by atoms with van der Waals surface area (Å²) in [5.41, 5.74) is 2.36. The maximum Gasteiger partial charge on any atom is 0.277 e. The van der Waals surface area contributed by atoms with E-state index in [1.807, 2.05) is 19.1 Å². The van der Waals surface area contributed by atoms with E-state index in [9.17, 15) is 9.59 Å². The van der Waals surface area contributed by atoms with Crippen molar-refractivity contribution in [2.24, 2.45) is 0 Å². The second-order valence-electron chi connectivity index (χ2n) is 6.70. The van der Waals surface area contributed by atoms with Gasteiger partial charge in [-0.05, 0) is 62.2 Å². The van der Waals surface area contributed by atoms with Gasteiger partial charge in [0.1, 0.15) is 10.8 Å². The number of hydrogen-bond acceptors (Lipinski definition) is 4. The second-order valence-corrected chi connectivity index (χ2v) is 7.07. The quantitative estimate of drug-likeness (QED) is 0.582. The summed E-state index contributed by atoms with van der Waals surface area (Å²) in [6, 6.07) is 14.4. The molecule has 0 saturated heterocycles. The topological polar surface area (TPSA) is 49.9 Å². The van der Waals surface area contributed by atoms with Crippen LogP contribution >= 0.6 is 11.6 Å². The summed E-state index contributed by atoms with van der Waals surface area (Å²) < 4.78 is 5.57. The van der Waals surface area contributed by atoms with E-state index in [4.69, 9.17) is 16.3 Å². The molecule has 1 heterocycles. The van der Waals surface area contributed by atoms with Crippen LogP contribution in [-0.4, -0.2) is 31.5 Å². The van der Waals surface area contributed by atoms with Crippen molar-refractivity contribution >= 4 is 40.4 Å². The molecule has 0 saturated carbocycles. The first kappa shape index (κ1) is 20.9. The van der Waals surface area contributed by atoms with Crippen LogP contribution in [0.4, 0.5) is 11.4 Å². The fourth-order valence-corrected chi connectivity index (χ4v) is 3.60. The molecule has 0 fully saturated rings. The minimum Gasteiger partial charge on any atom is -0.494 e. The van der Waals surface area contributed by atoms with Gasteiger partial charge in [-0.3, -0.25) is 9.59 Å². The summed E-state index contributed by atoms with van der Waals surface area (Å²) in [5, 5.41) is -0.0648. The van der Waals surface area contributed by atoms with E-state index in [0.717, 1.165) is 30.1 Å². The molecule has 2 aromatic rings. The largest absolute Gasteiger partial charge is 0.494 e. The molecule has 0 bridgehead atoms. The molecule has 0 aromatic heterocycles. The van der Waals surface area contributed by atoms with Gasteiger partial charge < -0.3 is 9.64 Å². The number of carbonyl (C=O) groups excluding carboxylic acids is 2. The van der Waals surface area contributed by atoms with Gasteiger partial charge in [-0.1, -0.05) is 30.7 Å². The predicted molar refractivity (Wildman–Crippen MR) is 117 cm³/mol. The molecule has 152 valence electrons. The summed E-state index contributed by atoms with van der Waals surface area (Å²) in [6.45, 7) is 8.58. The first-order valence-corrected chi connectivity index (χ1v) is 10.3. The third kappa shape index (κ3) is 4.15. The lowest BCUT2D eigenvalue weighted by Gasteiger charge is -2.22. The van der Waals surface area contributed by atoms with Crippen LogP contribution in [0.25, 0.3) is 5.57 Å². The fraction of sp³-hybridized carbons (Fsp3) is 0.304. The van der Waals surface area contributed by atoms with Crippen LogP contribution in [0.15, 0.2) is 53.6 Å². The molecule has 2 aromatic carbocycles. The first-order chi connectivity index (χ1) is 14.0. The van der Waals surface area contributed by atoms with Crippen molar-refractivity contribution in [2.45, 2.75) is 27.2 Å². The maximum atomic E-state index is 13.0. The van der Waals surface area contributed by atoms with Crippen molar-refractivity contribution in [2.75, 3.05) is 29.5 Å². The number of nitrogens with zero attached hydrogens (tertiary/aromatic N) is 2. The molecular weight excluding hydrogens is 388 g/mol. The SMILES string of the molecule is CCCOc1ccc(C2=C(Cl)C(=O)N(c3ccc(N(CC)CC)cc3)C2=O)cc1. The summed E-state index contributed by atoms with van der Waals surface area (Å²) in [5.74, 6) is -0.209. The van der Waals surface area contributed by atoms with E-state index >= 15 is 0 Å². The second kappa shape index (κ2) is 9.14. The van der Waals surface area contributed by atoms with Crippen LogP contribution in [-0.2, 0) is 9.59 Å². The molecular formula is C23H25ClN2O3. The van der Waals surface area contributed by atoms with Crippen LogP contribution in [0.2, 0.25) is 0 Å². The summed E-state index contributed by atoms with van der Waals surface area (Å²) in [4.78, 5) is 29.1. The molecule has 1 aliphatic heterocycles. The minimum absolute atomic E-state index is 0.0648. The Balaban J connectivity index is 1.85. The number of hydrogen-bond donors (Lipinski definition) is 0. The van der Waals surface area contributed by atoms with Crippen LogP contribution in [0.5, 0.6) is 5.75 Å². The van der Waals surface area contributed by atoms with Gasteiger partial charge in [0, 0.05) is 18.8 Å². The van der Waals surface area contributed by atoms with E-state index in [1.165, 1.54) is 0 Å². The lowest BCUT2D eigenvalue weighted by Crippen LogP contribution is -2.31. The van der Waals surface area contributed by atoms with Gasteiger partial charge in [0.05, 0.1) is 17.9 Å². The number of ether oxygens (including phenoxy) is 1. The molecule has 2 amide bonds. The zero-order valence-corrected chi connectivity index (χ0v) is 17.7. The fourth-order valence-electron chi connectivity index (χ4n) is 3.33. The van der Waals surface area contributed by atoms with Gasteiger partial charge in [0.25, 0.3) is 11.8 Å². The van der Waals surface area contributed by atoms with Crippen LogP contribution < -0.4 is 14.5 Å². The van der Waals surface area contributed by atoms with E-state index in [2.05, 4.69) is 18.7 Å². The van der Waals surface area contributed by atoms with Crippen molar-refractivity contribution in [3.8, 4) is 5.75 Å². The van der Waals surface area contributed by atoms with Crippen molar-refractivity contribution < 1.29 is 14.3 Å². The Morgan fingerprint density at radius 3 is 2.07 bits per heavy atom. The summed E-state index contributed by atoms with van der Waals surface area (Å²) >= 11 is 6.28. The van der Waals surface area contributed by atoms with Gasteiger partial charge in [-0.15, -0.1) is 0 Å². The Kier molecular flexibility index (Phi) is 6.60. The standard InChI is InChI=1S/C23H25ClN2O3/c1-4-15-29-19-13-7-16(8-14-19)20-21(24)23(28)26(22(20)27)18-11-9-17(10-12-18)25(5-2)6-3/h7-14H,4-6,15H2,1-3H3. The highest BCUT2D eigenvalue weighted by atomic mass is 35.5. The zero-order chi connectivity index (χ0) is 21.0. The van der Waals surface area contributed by atoms with Crippen LogP contribution in [0.3, 0.4) is 0 Å². The number of rotatable bonds is 8. The van der Waals surface area contributed by atoms with Crippen molar-refractivity contribution in [1.29, 1.82) is 0 Å². The smallest absolute Gasteiger partial charge is 0.277 e. The number of benzene rings is 2. The highest BCUT2D eigenvalue weighted by Gasteiger charge is 2.39. The lowest BCUT2D eigenvalue weighted by molar-refractivity contribution is -0.119. The molecule has 0 N–H and O–H groups in total. The van der Waals surface area contributed by atoms with Crippen molar-refractivity contribution in [3.05, 3.63) is 59.1 Å². The van der Waals surface area contributed by atoms with Crippen LogP contribution in [0, 0.1) is 0 Å². The first-order valence-electron chi connectivity index (χ1n) is 9.88. The summed E-state index contributed by atoms with van der Waals surface area (Å²) in [7, 11) is 0. The number of halogens is 1. The Morgan fingerprint density at radius 2 is 1.52 bits per heavy atom. The monoisotopic (exact) mass is 412 g/mol. The van der Waals surface area contributed by atoms with E-state index in [1.54, 1.807) is 36.4 Å². The summed E-state index contributed by atoms with van der Waals surface area (Å²) in [6.07, 6.45) is 0.910. The van der Waals surface area contributed by atoms with E-state index < -0.39 is 11.8 Å². The molecule has 0 aliphatic carbocycles. The van der Waals surface area contributed by atoms with Gasteiger partial charge >= 0.3 is 0 Å². The maximum absolute atomic E-state index is 13.0. The van der Waals surface area contributed by atoms with Gasteiger partial charge in [-0.2, -0.15) is 0 Å². The number of amides is 2. The molecule has 0 unspecified atom stereocenters. The number of imide groups is 1. The minimum atomic E-state index is -0.506. The molecule has 3 rings (SSSR count). The van der Waals surface area contributed by atoms with E-state index in [0.29, 0.717) is 23.6 Å². The zero-order valence-electron chi connectivity index (χ0n) is 16.9. The molecule has 5 nitrogen and oxygen atoms in total. The number of anilines is 2. The Hall–Kier alpha value is -2.79. The van der Waals surface area contributed by atoms with E-state index in [-0.39, 0.29) is 10.6 Å². The average molecular weight is 413 g/mol. The van der Waals surface area contributed by atoms with Gasteiger partial charge in [0.15, 0.2) is 0 Å². The highest BCUT2D eigenvalue weighted by Crippen LogP contribution is 2.36. The third-order valence-corrected chi connectivity index (χ3v) is 5.23. The lowest BCUT2D eigenvalue weighted by atomic mass is 10.1. The normalized spacial score (nSPS) is 14.0. The Bertz CT molecular complexity index is 916. The van der Waals surface area contributed by atoms with Gasteiger partial charge in [0.2, 0.25) is 0 Å². The third-order valence-electron chi connectivity index (χ3n) is 4.88. The van der Waals surface area contributed by atoms with Crippen molar-refractivity contribution in [1.82, 2.24) is 0 Å². The van der Waals surface area contributed by atoms with Gasteiger partial charge in [-0.25, -0.2) is 4.90 Å². The molecule has 0 spiro atoms. The molecule has 0 radical (unpaired) electrons. The molecule has 29 heavy (non-hydrogen) atoms. The molecule has 6 heteroatoms.